The number of para-hydroxylation sites is 1. The number of aryl methyl sites for hydroxylation is 2. The van der Waals surface area contributed by atoms with Crippen LogP contribution in [0.2, 0.25) is 0 Å². The molecular formula is C31H33N5OS. The molecule has 0 bridgehead atoms. The molecule has 1 amide bonds. The number of carbonyl (C=O) groups is 1. The molecule has 2 atom stereocenters. The maximum Gasteiger partial charge on any atom is 0.226 e. The molecule has 0 radical (unpaired) electrons. The van der Waals surface area contributed by atoms with Crippen molar-refractivity contribution in [2.75, 3.05) is 10.2 Å². The van der Waals surface area contributed by atoms with E-state index >= 15 is 0 Å². The molecule has 5 rings (SSSR count). The van der Waals surface area contributed by atoms with Crippen molar-refractivity contribution in [3.05, 3.63) is 107 Å². The number of pyridine rings is 1. The van der Waals surface area contributed by atoms with Crippen LogP contribution >= 0.6 is 12.2 Å². The Morgan fingerprint density at radius 3 is 2.37 bits per heavy atom. The van der Waals surface area contributed by atoms with E-state index in [-0.39, 0.29) is 23.9 Å². The van der Waals surface area contributed by atoms with Gasteiger partial charge in [-0.05, 0) is 92.6 Å². The zero-order valence-corrected chi connectivity index (χ0v) is 23.2. The van der Waals surface area contributed by atoms with Gasteiger partial charge in [0.15, 0.2) is 5.11 Å². The summed E-state index contributed by atoms with van der Waals surface area (Å²) in [7, 11) is 0. The van der Waals surface area contributed by atoms with Gasteiger partial charge in [0.05, 0.1) is 17.8 Å². The first-order valence-electron chi connectivity index (χ1n) is 12.9. The average molecular weight is 524 g/mol. The third-order valence-electron chi connectivity index (χ3n) is 7.17. The third-order valence-corrected chi connectivity index (χ3v) is 7.49. The fourth-order valence-electron chi connectivity index (χ4n) is 5.23. The Morgan fingerprint density at radius 1 is 0.974 bits per heavy atom. The van der Waals surface area contributed by atoms with Gasteiger partial charge < -0.3 is 20.1 Å². The zero-order valence-electron chi connectivity index (χ0n) is 22.4. The summed E-state index contributed by atoms with van der Waals surface area (Å²) >= 11 is 5.94. The summed E-state index contributed by atoms with van der Waals surface area (Å²) in [5.74, 6) is -0.0894. The molecule has 2 N–H and O–H groups in total. The van der Waals surface area contributed by atoms with Crippen LogP contribution in [0.3, 0.4) is 0 Å². The number of aromatic nitrogens is 2. The van der Waals surface area contributed by atoms with E-state index in [4.69, 9.17) is 17.2 Å². The molecule has 3 heterocycles. The molecular weight excluding hydrogens is 490 g/mol. The van der Waals surface area contributed by atoms with E-state index < -0.39 is 0 Å². The summed E-state index contributed by atoms with van der Waals surface area (Å²) in [4.78, 5) is 19.2. The van der Waals surface area contributed by atoms with Crippen LogP contribution in [0.15, 0.2) is 79.0 Å². The first-order chi connectivity index (χ1) is 18.3. The standard InChI is InChI=1S/C31H33N5OS/c1-19(2)30(37)33-26-15-14-24(17-20(26)3)36-29(28(34-31(36)38)27-13-9-10-16-32-27)25-18-21(4)35(22(25)5)23-11-7-6-8-12-23/h6-19,28-29H,1-5H3,(H,33,37)(H,34,38)/t28-,29-/m0/s1. The number of rotatable bonds is 6. The minimum atomic E-state index is -0.131. The second-order valence-corrected chi connectivity index (χ2v) is 10.5. The molecule has 1 fully saturated rings. The number of amides is 1. The van der Waals surface area contributed by atoms with Crippen molar-refractivity contribution in [2.24, 2.45) is 5.92 Å². The van der Waals surface area contributed by atoms with Gasteiger partial charge in [0.25, 0.3) is 0 Å². The van der Waals surface area contributed by atoms with Gasteiger partial charge in [0, 0.05) is 40.6 Å². The normalized spacial score (nSPS) is 17.1. The number of carbonyl (C=O) groups excluding carboxylic acids is 1. The highest BCUT2D eigenvalue weighted by Gasteiger charge is 2.42. The van der Waals surface area contributed by atoms with E-state index in [1.807, 2.05) is 63.4 Å². The fraction of sp³-hybridized carbons (Fsp3) is 0.258. The van der Waals surface area contributed by atoms with Crippen LogP contribution in [0.5, 0.6) is 0 Å². The van der Waals surface area contributed by atoms with E-state index in [1.165, 1.54) is 5.56 Å². The largest absolute Gasteiger partial charge is 0.351 e. The molecule has 7 heteroatoms. The summed E-state index contributed by atoms with van der Waals surface area (Å²) in [5, 5.41) is 7.24. The van der Waals surface area contributed by atoms with Gasteiger partial charge in [-0.3, -0.25) is 9.78 Å². The van der Waals surface area contributed by atoms with E-state index in [2.05, 4.69) is 70.3 Å². The summed E-state index contributed by atoms with van der Waals surface area (Å²) in [6.45, 7) is 10.1. The van der Waals surface area contributed by atoms with E-state index in [0.717, 1.165) is 39.7 Å². The number of nitrogens with one attached hydrogen (secondary N) is 2. The predicted molar refractivity (Wildman–Crippen MR) is 158 cm³/mol. The van der Waals surface area contributed by atoms with Crippen LogP contribution in [0.4, 0.5) is 11.4 Å². The smallest absolute Gasteiger partial charge is 0.226 e. The topological polar surface area (TPSA) is 62.2 Å². The molecule has 1 aliphatic rings. The maximum atomic E-state index is 12.3. The average Bonchev–Trinajstić information content (AvgIpc) is 3.41. The monoisotopic (exact) mass is 523 g/mol. The molecule has 0 saturated carbocycles. The van der Waals surface area contributed by atoms with Crippen LogP contribution in [0, 0.1) is 26.7 Å². The molecule has 0 spiro atoms. The molecule has 1 aliphatic heterocycles. The Hall–Kier alpha value is -3.97. The van der Waals surface area contributed by atoms with Gasteiger partial charge in [-0.1, -0.05) is 38.1 Å². The number of benzene rings is 2. The fourth-order valence-corrected chi connectivity index (χ4v) is 5.57. The zero-order chi connectivity index (χ0) is 27.0. The van der Waals surface area contributed by atoms with E-state index in [9.17, 15) is 4.79 Å². The first-order valence-corrected chi connectivity index (χ1v) is 13.3. The molecule has 4 aromatic rings. The third kappa shape index (κ3) is 4.70. The Morgan fingerprint density at radius 2 is 1.71 bits per heavy atom. The number of hydrogen-bond acceptors (Lipinski definition) is 3. The Balaban J connectivity index is 1.61. The molecule has 2 aromatic heterocycles. The summed E-state index contributed by atoms with van der Waals surface area (Å²) in [6, 6.07) is 24.5. The number of nitrogens with zero attached hydrogens (tertiary/aromatic N) is 3. The minimum absolute atomic E-state index is 0.000606. The molecule has 1 saturated heterocycles. The first kappa shape index (κ1) is 25.7. The highest BCUT2D eigenvalue weighted by molar-refractivity contribution is 7.80. The maximum absolute atomic E-state index is 12.3. The molecule has 6 nitrogen and oxygen atoms in total. The molecule has 194 valence electrons. The number of thiocarbonyl (C=S) groups is 1. The predicted octanol–water partition coefficient (Wildman–Crippen LogP) is 6.57. The van der Waals surface area contributed by atoms with Crippen molar-refractivity contribution >= 4 is 34.6 Å². The van der Waals surface area contributed by atoms with Crippen molar-refractivity contribution < 1.29 is 4.79 Å². The van der Waals surface area contributed by atoms with E-state index in [1.54, 1.807) is 0 Å². The molecule has 0 unspecified atom stereocenters. The van der Waals surface area contributed by atoms with Crippen molar-refractivity contribution in [3.63, 3.8) is 0 Å². The van der Waals surface area contributed by atoms with Gasteiger partial charge in [-0.15, -0.1) is 0 Å². The summed E-state index contributed by atoms with van der Waals surface area (Å²) in [5.41, 5.74) is 8.32. The lowest BCUT2D eigenvalue weighted by atomic mass is 9.96. The lowest BCUT2D eigenvalue weighted by molar-refractivity contribution is -0.118. The SMILES string of the molecule is Cc1cc(N2C(=S)N[C@@H](c3ccccn3)[C@@H]2c2cc(C)n(-c3ccccc3)c2C)ccc1NC(=O)C(C)C. The van der Waals surface area contributed by atoms with Crippen LogP contribution in [-0.4, -0.2) is 20.6 Å². The van der Waals surface area contributed by atoms with E-state index in [0.29, 0.717) is 5.11 Å². The Labute approximate surface area is 229 Å². The summed E-state index contributed by atoms with van der Waals surface area (Å²) < 4.78 is 2.29. The van der Waals surface area contributed by atoms with Crippen molar-refractivity contribution in [3.8, 4) is 5.69 Å². The van der Waals surface area contributed by atoms with Crippen molar-refractivity contribution in [1.29, 1.82) is 0 Å². The Kier molecular flexibility index (Phi) is 7.04. The minimum Gasteiger partial charge on any atom is -0.351 e. The van der Waals surface area contributed by atoms with Crippen LogP contribution in [0.1, 0.15) is 54.1 Å². The van der Waals surface area contributed by atoms with Gasteiger partial charge >= 0.3 is 0 Å². The van der Waals surface area contributed by atoms with Crippen LogP contribution in [0.25, 0.3) is 5.69 Å². The van der Waals surface area contributed by atoms with Gasteiger partial charge in [0.2, 0.25) is 5.91 Å². The van der Waals surface area contributed by atoms with Crippen LogP contribution < -0.4 is 15.5 Å². The second-order valence-electron chi connectivity index (χ2n) is 10.1. The highest BCUT2D eigenvalue weighted by Crippen LogP contribution is 2.44. The molecule has 0 aliphatic carbocycles. The van der Waals surface area contributed by atoms with Crippen LogP contribution in [-0.2, 0) is 4.79 Å². The quantitative estimate of drug-likeness (QED) is 0.280. The Bertz CT molecular complexity index is 1480. The van der Waals surface area contributed by atoms with Gasteiger partial charge in [-0.2, -0.15) is 0 Å². The molecule has 2 aromatic carbocycles. The second kappa shape index (κ2) is 10.4. The summed E-state index contributed by atoms with van der Waals surface area (Å²) in [6.07, 6.45) is 1.82. The lowest BCUT2D eigenvalue weighted by Crippen LogP contribution is -2.29. The van der Waals surface area contributed by atoms with Gasteiger partial charge in [-0.25, -0.2) is 0 Å². The van der Waals surface area contributed by atoms with Gasteiger partial charge in [0.1, 0.15) is 0 Å². The molecule has 38 heavy (non-hydrogen) atoms. The lowest BCUT2D eigenvalue weighted by Gasteiger charge is -2.29. The van der Waals surface area contributed by atoms with Crippen molar-refractivity contribution in [1.82, 2.24) is 14.9 Å². The highest BCUT2D eigenvalue weighted by atomic mass is 32.1. The number of anilines is 2. The van der Waals surface area contributed by atoms with Crippen molar-refractivity contribution in [2.45, 2.75) is 46.7 Å². The number of hydrogen-bond donors (Lipinski definition) is 2.